The summed E-state index contributed by atoms with van der Waals surface area (Å²) in [5.74, 6) is -2.05. The smallest absolute Gasteiger partial charge is 0.251 e. The van der Waals surface area contributed by atoms with E-state index < -0.39 is 33.6 Å². The van der Waals surface area contributed by atoms with Crippen LogP contribution >= 0.6 is 0 Å². The summed E-state index contributed by atoms with van der Waals surface area (Å²) in [7, 11) is -2.42. The predicted octanol–water partition coefficient (Wildman–Crippen LogP) is 2.96. The van der Waals surface area contributed by atoms with Crippen molar-refractivity contribution in [2.45, 2.75) is 30.7 Å². The second kappa shape index (κ2) is 9.61. The van der Waals surface area contributed by atoms with Crippen LogP contribution in [0.4, 0.5) is 8.78 Å². The van der Waals surface area contributed by atoms with Crippen molar-refractivity contribution in [3.05, 3.63) is 53.6 Å². The molecule has 168 valence electrons. The van der Waals surface area contributed by atoms with Crippen molar-refractivity contribution in [1.82, 2.24) is 9.62 Å². The molecule has 0 radical (unpaired) electrons. The number of carbonyl (C=O) groups excluding carboxylic acids is 1. The van der Waals surface area contributed by atoms with Crippen molar-refractivity contribution in [3.63, 3.8) is 0 Å². The Bertz CT molecular complexity index is 1060. The average molecular weight is 454 g/mol. The molecule has 7 nitrogen and oxygen atoms in total. The molecule has 31 heavy (non-hydrogen) atoms. The Hall–Kier alpha value is -2.72. The summed E-state index contributed by atoms with van der Waals surface area (Å²) in [4.78, 5) is 12.6. The maximum absolute atomic E-state index is 13.7. The molecule has 3 rings (SSSR count). The quantitative estimate of drug-likeness (QED) is 0.663. The van der Waals surface area contributed by atoms with E-state index in [4.69, 9.17) is 9.47 Å². The Morgan fingerprint density at radius 1 is 1.13 bits per heavy atom. The molecule has 0 aromatic heterocycles. The van der Waals surface area contributed by atoms with Gasteiger partial charge in [-0.1, -0.05) is 0 Å². The second-order valence-corrected chi connectivity index (χ2v) is 9.14. The van der Waals surface area contributed by atoms with Crippen LogP contribution in [0.1, 0.15) is 30.1 Å². The fraction of sp³-hybridized carbons (Fsp3) is 0.381. The highest BCUT2D eigenvalue weighted by Crippen LogP contribution is 2.30. The summed E-state index contributed by atoms with van der Waals surface area (Å²) in [5.41, 5.74) is 0.137. The maximum Gasteiger partial charge on any atom is 0.251 e. The van der Waals surface area contributed by atoms with Gasteiger partial charge >= 0.3 is 0 Å². The standard InChI is InChI=1S/C21H24F2N2O5S/c1-14(13-30-18-8-6-16(22)12-17(18)23)24-21(26)15-5-7-19(29-2)20(11-15)31(27,28)25-9-3-4-10-25/h5-8,11-12,14H,3-4,9-10,13H2,1-2H3,(H,24,26). The third kappa shape index (κ3) is 5.31. The Morgan fingerprint density at radius 2 is 1.81 bits per heavy atom. The fourth-order valence-corrected chi connectivity index (χ4v) is 4.94. The van der Waals surface area contributed by atoms with Gasteiger partial charge in [-0.15, -0.1) is 0 Å². The molecule has 1 amide bonds. The van der Waals surface area contributed by atoms with E-state index in [1.54, 1.807) is 6.92 Å². The van der Waals surface area contributed by atoms with Gasteiger partial charge in [0.15, 0.2) is 11.6 Å². The van der Waals surface area contributed by atoms with Crippen molar-refractivity contribution in [3.8, 4) is 11.5 Å². The van der Waals surface area contributed by atoms with Crippen molar-refractivity contribution in [2.75, 3.05) is 26.8 Å². The van der Waals surface area contributed by atoms with Gasteiger partial charge in [0, 0.05) is 24.7 Å². The third-order valence-corrected chi connectivity index (χ3v) is 6.79. The molecular weight excluding hydrogens is 430 g/mol. The zero-order valence-corrected chi connectivity index (χ0v) is 18.0. The molecular formula is C21H24F2N2O5S. The van der Waals surface area contributed by atoms with E-state index in [0.29, 0.717) is 19.2 Å². The molecule has 1 unspecified atom stereocenters. The van der Waals surface area contributed by atoms with Crippen LogP contribution in [-0.2, 0) is 10.0 Å². The zero-order valence-electron chi connectivity index (χ0n) is 17.2. The number of methoxy groups -OCH3 is 1. The van der Waals surface area contributed by atoms with Crippen LogP contribution in [0, 0.1) is 11.6 Å². The SMILES string of the molecule is COc1ccc(C(=O)NC(C)COc2ccc(F)cc2F)cc1S(=O)(=O)N1CCCC1. The minimum absolute atomic E-state index is 0.0661. The molecule has 2 aromatic carbocycles. The van der Waals surface area contributed by atoms with E-state index in [9.17, 15) is 22.0 Å². The van der Waals surface area contributed by atoms with Gasteiger partial charge in [0.1, 0.15) is 23.1 Å². The van der Waals surface area contributed by atoms with E-state index in [2.05, 4.69) is 5.32 Å². The Labute approximate surface area is 180 Å². The topological polar surface area (TPSA) is 84.9 Å². The number of benzene rings is 2. The Kier molecular flexibility index (Phi) is 7.11. The molecule has 1 atom stereocenters. The van der Waals surface area contributed by atoms with Gasteiger partial charge in [0.2, 0.25) is 10.0 Å². The number of nitrogens with one attached hydrogen (secondary N) is 1. The first-order chi connectivity index (χ1) is 14.7. The van der Waals surface area contributed by atoms with E-state index in [1.807, 2.05) is 0 Å². The van der Waals surface area contributed by atoms with Crippen molar-refractivity contribution in [2.24, 2.45) is 0 Å². The zero-order chi connectivity index (χ0) is 22.6. The molecule has 1 fully saturated rings. The Morgan fingerprint density at radius 3 is 2.45 bits per heavy atom. The largest absolute Gasteiger partial charge is 0.495 e. The number of halogens is 2. The minimum Gasteiger partial charge on any atom is -0.495 e. The van der Waals surface area contributed by atoms with Gasteiger partial charge in [-0.05, 0) is 50.1 Å². The van der Waals surface area contributed by atoms with E-state index >= 15 is 0 Å². The molecule has 0 bridgehead atoms. The molecule has 0 aliphatic carbocycles. The van der Waals surface area contributed by atoms with Crippen LogP contribution in [0.3, 0.4) is 0 Å². The molecule has 1 saturated heterocycles. The highest BCUT2D eigenvalue weighted by molar-refractivity contribution is 7.89. The first-order valence-electron chi connectivity index (χ1n) is 9.79. The number of ether oxygens (including phenoxy) is 2. The van der Waals surface area contributed by atoms with Crippen LogP contribution in [0.25, 0.3) is 0 Å². The lowest BCUT2D eigenvalue weighted by Gasteiger charge is -2.19. The van der Waals surface area contributed by atoms with Crippen LogP contribution in [-0.4, -0.2) is 51.5 Å². The van der Waals surface area contributed by atoms with Crippen molar-refractivity contribution >= 4 is 15.9 Å². The number of carbonyl (C=O) groups is 1. The summed E-state index contributed by atoms with van der Waals surface area (Å²) >= 11 is 0. The van der Waals surface area contributed by atoms with Gasteiger partial charge in [-0.3, -0.25) is 4.79 Å². The lowest BCUT2D eigenvalue weighted by atomic mass is 10.2. The summed E-state index contributed by atoms with van der Waals surface area (Å²) in [6.45, 7) is 2.43. The van der Waals surface area contributed by atoms with Crippen molar-refractivity contribution in [1.29, 1.82) is 0 Å². The molecule has 1 N–H and O–H groups in total. The maximum atomic E-state index is 13.7. The number of nitrogens with zero attached hydrogens (tertiary/aromatic N) is 1. The summed E-state index contributed by atoms with van der Waals surface area (Å²) < 4.78 is 64.4. The molecule has 10 heteroatoms. The number of rotatable bonds is 8. The molecule has 1 heterocycles. The molecule has 0 saturated carbocycles. The molecule has 2 aromatic rings. The Balaban J connectivity index is 1.71. The fourth-order valence-electron chi connectivity index (χ4n) is 3.24. The van der Waals surface area contributed by atoms with Crippen LogP contribution in [0.15, 0.2) is 41.3 Å². The van der Waals surface area contributed by atoms with Crippen LogP contribution in [0.5, 0.6) is 11.5 Å². The monoisotopic (exact) mass is 454 g/mol. The van der Waals surface area contributed by atoms with Gasteiger partial charge in [-0.25, -0.2) is 17.2 Å². The highest BCUT2D eigenvalue weighted by Gasteiger charge is 2.30. The van der Waals surface area contributed by atoms with Gasteiger partial charge in [0.05, 0.1) is 13.2 Å². The number of amides is 1. The first-order valence-corrected chi connectivity index (χ1v) is 11.2. The third-order valence-electron chi connectivity index (χ3n) is 4.87. The lowest BCUT2D eigenvalue weighted by Crippen LogP contribution is -2.37. The van der Waals surface area contributed by atoms with Crippen LogP contribution < -0.4 is 14.8 Å². The number of sulfonamides is 1. The van der Waals surface area contributed by atoms with E-state index in [0.717, 1.165) is 25.0 Å². The lowest BCUT2D eigenvalue weighted by molar-refractivity contribution is 0.0926. The molecule has 1 aliphatic heterocycles. The summed E-state index contributed by atoms with van der Waals surface area (Å²) in [5, 5.41) is 2.67. The predicted molar refractivity (Wildman–Crippen MR) is 110 cm³/mol. The molecule has 0 spiro atoms. The molecule has 1 aliphatic rings. The van der Waals surface area contributed by atoms with E-state index in [-0.39, 0.29) is 28.6 Å². The summed E-state index contributed by atoms with van der Waals surface area (Å²) in [6, 6.07) is 6.60. The number of hydrogen-bond acceptors (Lipinski definition) is 5. The normalized spacial score (nSPS) is 15.5. The van der Waals surface area contributed by atoms with Gasteiger partial charge in [0.25, 0.3) is 5.91 Å². The average Bonchev–Trinajstić information content (AvgIpc) is 3.28. The van der Waals surface area contributed by atoms with Gasteiger partial charge < -0.3 is 14.8 Å². The minimum atomic E-state index is -3.79. The number of hydrogen-bond donors (Lipinski definition) is 1. The van der Waals surface area contributed by atoms with E-state index in [1.165, 1.54) is 29.6 Å². The highest BCUT2D eigenvalue weighted by atomic mass is 32.2. The van der Waals surface area contributed by atoms with Gasteiger partial charge in [-0.2, -0.15) is 4.31 Å². The van der Waals surface area contributed by atoms with Crippen LogP contribution in [0.2, 0.25) is 0 Å². The second-order valence-electron chi connectivity index (χ2n) is 7.24. The summed E-state index contributed by atoms with van der Waals surface area (Å²) in [6.07, 6.45) is 1.57. The first kappa shape index (κ1) is 23.0. The van der Waals surface area contributed by atoms with Crippen molar-refractivity contribution < 1.29 is 31.5 Å².